The van der Waals surface area contributed by atoms with E-state index in [0.29, 0.717) is 16.9 Å². The first-order chi connectivity index (χ1) is 14.1. The number of benzene rings is 1. The summed E-state index contributed by atoms with van der Waals surface area (Å²) in [6.07, 6.45) is -2.48. The molecule has 1 amide bonds. The number of anilines is 1. The number of para-hydroxylation sites is 1. The van der Waals surface area contributed by atoms with Gasteiger partial charge in [0.15, 0.2) is 23.8 Å². The van der Waals surface area contributed by atoms with Crippen LogP contribution in [0, 0.1) is 0 Å². The molecule has 0 radical (unpaired) electrons. The number of nitrogens with one attached hydrogen (secondary N) is 1. The third-order valence-electron chi connectivity index (χ3n) is 4.57. The molecule has 4 atom stereocenters. The van der Waals surface area contributed by atoms with Crippen LogP contribution in [0.5, 0.6) is 5.75 Å². The minimum absolute atomic E-state index is 0.175. The van der Waals surface area contributed by atoms with Crippen LogP contribution in [0.2, 0.25) is 0 Å². The molecule has 0 saturated carbocycles. The van der Waals surface area contributed by atoms with Crippen molar-refractivity contribution in [3.63, 3.8) is 0 Å². The molecule has 11 heteroatoms. The smallest absolute Gasteiger partial charge is 0.252 e. The fourth-order valence-corrected chi connectivity index (χ4v) is 3.12. The number of aliphatic hydroxyl groups is 2. The molecule has 0 spiro atoms. The Hall–Kier alpha value is -3.28. The van der Waals surface area contributed by atoms with Gasteiger partial charge in [0, 0.05) is 0 Å². The molecule has 1 fully saturated rings. The lowest BCUT2D eigenvalue weighted by atomic mass is 10.1. The van der Waals surface area contributed by atoms with Crippen molar-refractivity contribution in [2.45, 2.75) is 24.5 Å². The number of hydrogen-bond donors (Lipinski definition) is 4. The highest BCUT2D eigenvalue weighted by atomic mass is 16.6. The predicted molar refractivity (Wildman–Crippen MR) is 101 cm³/mol. The number of amides is 1. The van der Waals surface area contributed by atoms with Crippen LogP contribution in [-0.4, -0.2) is 67.1 Å². The van der Waals surface area contributed by atoms with Crippen LogP contribution in [0.1, 0.15) is 6.23 Å². The molecule has 3 aromatic rings. The molecule has 5 N–H and O–H groups in total. The first-order valence-electron chi connectivity index (χ1n) is 8.96. The maximum absolute atomic E-state index is 12.4. The molecule has 1 aromatic carbocycles. The van der Waals surface area contributed by atoms with Crippen molar-refractivity contribution in [3.05, 3.63) is 43.0 Å². The van der Waals surface area contributed by atoms with Gasteiger partial charge in [0.1, 0.15) is 36.4 Å². The van der Waals surface area contributed by atoms with Gasteiger partial charge in [-0.1, -0.05) is 18.2 Å². The van der Waals surface area contributed by atoms with Crippen LogP contribution in [-0.2, 0) is 9.53 Å². The van der Waals surface area contributed by atoms with E-state index in [-0.39, 0.29) is 19.0 Å². The van der Waals surface area contributed by atoms with Crippen molar-refractivity contribution in [1.29, 1.82) is 0 Å². The van der Waals surface area contributed by atoms with Gasteiger partial charge in [-0.05, 0) is 12.1 Å². The van der Waals surface area contributed by atoms with Crippen LogP contribution >= 0.6 is 0 Å². The molecule has 1 saturated heterocycles. The van der Waals surface area contributed by atoms with E-state index in [9.17, 15) is 15.0 Å². The number of aromatic nitrogens is 4. The minimum Gasteiger partial charge on any atom is -0.492 e. The second kappa shape index (κ2) is 7.99. The Morgan fingerprint density at radius 1 is 1.21 bits per heavy atom. The quantitative estimate of drug-likeness (QED) is 0.390. The number of fused-ring (bicyclic) bond motifs is 1. The molecule has 1 aliphatic rings. The molecule has 0 bridgehead atoms. The van der Waals surface area contributed by atoms with Crippen LogP contribution in [0.4, 0.5) is 5.82 Å². The summed E-state index contributed by atoms with van der Waals surface area (Å²) in [5.41, 5.74) is 6.42. The van der Waals surface area contributed by atoms with Gasteiger partial charge in [-0.3, -0.25) is 9.36 Å². The Morgan fingerprint density at radius 3 is 2.79 bits per heavy atom. The summed E-state index contributed by atoms with van der Waals surface area (Å²) in [7, 11) is 0. The van der Waals surface area contributed by atoms with Crippen molar-refractivity contribution < 1.29 is 24.5 Å². The summed E-state index contributed by atoms with van der Waals surface area (Å²) < 4.78 is 12.5. The van der Waals surface area contributed by atoms with Crippen LogP contribution in [0.15, 0.2) is 43.0 Å². The average molecular weight is 400 g/mol. The van der Waals surface area contributed by atoms with E-state index in [1.807, 2.05) is 18.2 Å². The van der Waals surface area contributed by atoms with Gasteiger partial charge in [-0.2, -0.15) is 0 Å². The highest BCUT2D eigenvalue weighted by Crippen LogP contribution is 2.32. The molecule has 3 heterocycles. The summed E-state index contributed by atoms with van der Waals surface area (Å²) in [4.78, 5) is 24.5. The molecule has 152 valence electrons. The van der Waals surface area contributed by atoms with Gasteiger partial charge < -0.3 is 30.7 Å². The number of imidazole rings is 1. The first kappa shape index (κ1) is 19.1. The first-order valence-corrected chi connectivity index (χ1v) is 8.96. The number of nitrogens with zero attached hydrogens (tertiary/aromatic N) is 4. The van der Waals surface area contributed by atoms with E-state index in [1.165, 1.54) is 17.2 Å². The Morgan fingerprint density at radius 2 is 2.00 bits per heavy atom. The Bertz CT molecular complexity index is 997. The normalized spacial score (nSPS) is 23.9. The Labute approximate surface area is 165 Å². The minimum atomic E-state index is -1.42. The third kappa shape index (κ3) is 3.70. The number of carbonyl (C=O) groups excluding carboxylic acids is 1. The molecular formula is C18H20N6O5. The van der Waals surface area contributed by atoms with E-state index in [2.05, 4.69) is 20.3 Å². The second-order valence-corrected chi connectivity index (χ2v) is 6.46. The van der Waals surface area contributed by atoms with Crippen molar-refractivity contribution in [3.8, 4) is 5.75 Å². The van der Waals surface area contributed by atoms with Gasteiger partial charge in [0.25, 0.3) is 5.91 Å². The zero-order chi connectivity index (χ0) is 20.4. The number of rotatable bonds is 6. The SMILES string of the molecule is Nc1ncnc2c1ncn2C1O[C@H](C(=O)NCCOc2ccccc2)[C@@H](O)[C@H]1O. The highest BCUT2D eigenvalue weighted by Gasteiger charge is 2.47. The fraction of sp³-hybridized carbons (Fsp3) is 0.333. The summed E-state index contributed by atoms with van der Waals surface area (Å²) in [5, 5.41) is 23.3. The summed E-state index contributed by atoms with van der Waals surface area (Å²) in [6, 6.07) is 9.17. The predicted octanol–water partition coefficient (Wildman–Crippen LogP) is -0.777. The fourth-order valence-electron chi connectivity index (χ4n) is 3.12. The van der Waals surface area contributed by atoms with E-state index >= 15 is 0 Å². The Kier molecular flexibility index (Phi) is 5.25. The number of aliphatic hydroxyl groups excluding tert-OH is 2. The molecule has 1 aliphatic heterocycles. The van der Waals surface area contributed by atoms with Gasteiger partial charge in [-0.15, -0.1) is 0 Å². The number of carbonyl (C=O) groups is 1. The summed E-state index contributed by atoms with van der Waals surface area (Å²) >= 11 is 0. The van der Waals surface area contributed by atoms with E-state index in [0.717, 1.165) is 0 Å². The molecule has 1 unspecified atom stereocenters. The lowest BCUT2D eigenvalue weighted by molar-refractivity contribution is -0.137. The number of nitrogen functional groups attached to an aromatic ring is 1. The maximum Gasteiger partial charge on any atom is 0.252 e. The zero-order valence-electron chi connectivity index (χ0n) is 15.3. The molecular weight excluding hydrogens is 380 g/mol. The third-order valence-corrected chi connectivity index (χ3v) is 4.57. The van der Waals surface area contributed by atoms with E-state index in [1.54, 1.807) is 12.1 Å². The van der Waals surface area contributed by atoms with Gasteiger partial charge in [0.05, 0.1) is 12.9 Å². The van der Waals surface area contributed by atoms with Crippen molar-refractivity contribution >= 4 is 22.9 Å². The number of nitrogens with two attached hydrogens (primary N) is 1. The maximum atomic E-state index is 12.4. The van der Waals surface area contributed by atoms with E-state index in [4.69, 9.17) is 15.2 Å². The van der Waals surface area contributed by atoms with Crippen molar-refractivity contribution in [2.24, 2.45) is 0 Å². The Balaban J connectivity index is 1.39. The molecule has 2 aromatic heterocycles. The molecule has 4 rings (SSSR count). The van der Waals surface area contributed by atoms with Crippen LogP contribution < -0.4 is 15.8 Å². The van der Waals surface area contributed by atoms with Crippen LogP contribution in [0.3, 0.4) is 0 Å². The summed E-state index contributed by atoms with van der Waals surface area (Å²) in [5.74, 6) is 0.298. The molecule has 29 heavy (non-hydrogen) atoms. The molecule has 0 aliphatic carbocycles. The molecule has 11 nitrogen and oxygen atoms in total. The van der Waals surface area contributed by atoms with Crippen molar-refractivity contribution in [2.75, 3.05) is 18.9 Å². The lowest BCUT2D eigenvalue weighted by Gasteiger charge is -2.16. The second-order valence-electron chi connectivity index (χ2n) is 6.46. The van der Waals surface area contributed by atoms with Gasteiger partial charge in [0.2, 0.25) is 0 Å². The average Bonchev–Trinajstić information content (AvgIpc) is 3.28. The van der Waals surface area contributed by atoms with Crippen molar-refractivity contribution in [1.82, 2.24) is 24.8 Å². The zero-order valence-corrected chi connectivity index (χ0v) is 15.3. The number of hydrogen-bond acceptors (Lipinski definition) is 9. The largest absolute Gasteiger partial charge is 0.492 e. The van der Waals surface area contributed by atoms with Gasteiger partial charge in [-0.25, -0.2) is 15.0 Å². The highest BCUT2D eigenvalue weighted by molar-refractivity contribution is 5.82. The van der Waals surface area contributed by atoms with E-state index < -0.39 is 30.4 Å². The topological polar surface area (TPSA) is 158 Å². The van der Waals surface area contributed by atoms with Crippen LogP contribution in [0.25, 0.3) is 11.2 Å². The monoisotopic (exact) mass is 400 g/mol. The lowest BCUT2D eigenvalue weighted by Crippen LogP contribution is -2.43. The van der Waals surface area contributed by atoms with Gasteiger partial charge >= 0.3 is 0 Å². The standard InChI is InChI=1S/C18H20N6O5/c19-15-11-16(22-8-21-15)24(9-23-11)18-13(26)12(25)14(29-18)17(27)20-6-7-28-10-4-2-1-3-5-10/h1-5,8-9,12-14,18,25-26H,6-7H2,(H,20,27)(H2,19,21,22)/t12-,13+,14-,18?/m0/s1. The summed E-state index contributed by atoms with van der Waals surface area (Å²) in [6.45, 7) is 0.450. The number of ether oxygens (including phenoxy) is 2.